The third-order valence-electron chi connectivity index (χ3n) is 4.70. The smallest absolute Gasteiger partial charge is 0.403 e. The number of ether oxygens (including phenoxy) is 2. The lowest BCUT2D eigenvalue weighted by molar-refractivity contribution is -0.143. The maximum atomic E-state index is 12.4. The Balaban J connectivity index is 2.14. The fourth-order valence-electron chi connectivity index (χ4n) is 3.01. The van der Waals surface area contributed by atoms with Crippen LogP contribution in [0.5, 0.6) is 0 Å². The van der Waals surface area contributed by atoms with Gasteiger partial charge >= 0.3 is 19.4 Å². The molecule has 1 aliphatic heterocycles. The van der Waals surface area contributed by atoms with E-state index in [-0.39, 0.29) is 17.9 Å². The van der Waals surface area contributed by atoms with Gasteiger partial charge in [-0.3, -0.25) is 23.7 Å². The number of azide groups is 1. The average Bonchev–Trinajstić information content (AvgIpc) is 3.09. The van der Waals surface area contributed by atoms with Gasteiger partial charge in [0.25, 0.3) is 5.56 Å². The van der Waals surface area contributed by atoms with Gasteiger partial charge in [0.15, 0.2) is 0 Å². The van der Waals surface area contributed by atoms with Crippen LogP contribution in [0.15, 0.2) is 20.9 Å². The van der Waals surface area contributed by atoms with E-state index in [0.29, 0.717) is 0 Å². The Hall–Kier alpha value is -2.47. The zero-order chi connectivity index (χ0) is 23.3. The van der Waals surface area contributed by atoms with E-state index in [1.165, 1.54) is 13.1 Å². The Morgan fingerprint density at radius 2 is 2.23 bits per heavy atom. The van der Waals surface area contributed by atoms with Gasteiger partial charge in [0, 0.05) is 23.1 Å². The molecule has 15 heteroatoms. The molecule has 1 saturated heterocycles. The second kappa shape index (κ2) is 10.2. The van der Waals surface area contributed by atoms with E-state index in [9.17, 15) is 23.8 Å². The lowest BCUT2D eigenvalue weighted by atomic mass is 10.1. The average molecular weight is 460 g/mol. The van der Waals surface area contributed by atoms with Crippen molar-refractivity contribution in [2.45, 2.75) is 51.6 Å². The van der Waals surface area contributed by atoms with Crippen LogP contribution < -0.4 is 16.3 Å². The summed E-state index contributed by atoms with van der Waals surface area (Å²) >= 11 is 0. The van der Waals surface area contributed by atoms with Crippen molar-refractivity contribution < 1.29 is 28.3 Å². The van der Waals surface area contributed by atoms with Gasteiger partial charge in [-0.05, 0) is 18.4 Å². The summed E-state index contributed by atoms with van der Waals surface area (Å²) in [5.74, 6) is -1.10. The van der Waals surface area contributed by atoms with Crippen LogP contribution in [0.25, 0.3) is 10.4 Å². The first-order valence-corrected chi connectivity index (χ1v) is 10.9. The summed E-state index contributed by atoms with van der Waals surface area (Å²) in [5.41, 5.74) is 7.83. The monoisotopic (exact) mass is 460 g/mol. The summed E-state index contributed by atoms with van der Waals surface area (Å²) in [6.07, 6.45) is -0.470. The van der Waals surface area contributed by atoms with Gasteiger partial charge < -0.3 is 14.4 Å². The van der Waals surface area contributed by atoms with Crippen LogP contribution >= 0.6 is 7.75 Å². The van der Waals surface area contributed by atoms with Crippen LogP contribution in [-0.4, -0.2) is 52.3 Å². The molecule has 5 atom stereocenters. The number of H-pyrrole nitrogens is 1. The number of aromatic nitrogens is 2. The Morgan fingerprint density at radius 1 is 1.55 bits per heavy atom. The Morgan fingerprint density at radius 3 is 2.81 bits per heavy atom. The van der Waals surface area contributed by atoms with E-state index >= 15 is 0 Å². The topological polar surface area (TPSA) is 198 Å². The zero-order valence-corrected chi connectivity index (χ0v) is 18.3. The van der Waals surface area contributed by atoms with Crippen molar-refractivity contribution in [1.82, 2.24) is 14.6 Å². The van der Waals surface area contributed by atoms with E-state index in [0.717, 1.165) is 11.7 Å². The first kappa shape index (κ1) is 24.8. The quantitative estimate of drug-likeness (QED) is 0.156. The maximum absolute atomic E-state index is 12.4. The summed E-state index contributed by atoms with van der Waals surface area (Å²) in [5, 5.41) is 5.84. The summed E-state index contributed by atoms with van der Waals surface area (Å²) < 4.78 is 28.9. The van der Waals surface area contributed by atoms with E-state index in [1.54, 1.807) is 13.8 Å². The fraction of sp³-hybridized carbons (Fsp3) is 0.688. The number of rotatable bonds is 9. The Bertz CT molecular complexity index is 1020. The standard InChI is InChI=1S/C16H25N6O8P/c1-8(2)13(15(24)28-4)20-31(26,27)29-7-11-10(19-21-17)5-12(30-11)22-6-9(3)14(23)18-16(22)25/h6,8,10-13H,5,7H2,1-4H3,(H,18,23,25)(H2,20,26,27)/t10?,11-,12-,13+/m1/s1. The first-order valence-electron chi connectivity index (χ1n) is 9.33. The van der Waals surface area contributed by atoms with Crippen molar-refractivity contribution in [2.75, 3.05) is 13.7 Å². The number of aryl methyl sites for hydroxylation is 1. The first-order chi connectivity index (χ1) is 14.5. The highest BCUT2D eigenvalue weighted by Gasteiger charge is 2.39. The maximum Gasteiger partial charge on any atom is 0.403 e. The number of methoxy groups -OCH3 is 1. The number of nitrogens with zero attached hydrogens (tertiary/aromatic N) is 4. The Kier molecular flexibility index (Phi) is 8.18. The molecule has 0 amide bonds. The number of carbonyl (C=O) groups is 1. The molecule has 1 fully saturated rings. The summed E-state index contributed by atoms with van der Waals surface area (Å²) in [7, 11) is -3.31. The molecule has 2 rings (SSSR count). The third kappa shape index (κ3) is 6.26. The number of esters is 1. The summed E-state index contributed by atoms with van der Waals surface area (Å²) in [6, 6.07) is -1.90. The summed E-state index contributed by atoms with van der Waals surface area (Å²) in [6.45, 7) is 4.35. The molecule has 0 radical (unpaired) electrons. The third-order valence-corrected chi connectivity index (χ3v) is 5.80. The fourth-order valence-corrected chi connectivity index (χ4v) is 4.19. The molecule has 3 N–H and O–H groups in total. The van der Waals surface area contributed by atoms with Gasteiger partial charge in [-0.1, -0.05) is 19.0 Å². The molecule has 2 unspecified atom stereocenters. The van der Waals surface area contributed by atoms with Gasteiger partial charge in [0.2, 0.25) is 0 Å². The van der Waals surface area contributed by atoms with Crippen molar-refractivity contribution in [3.8, 4) is 0 Å². The molecule has 0 saturated carbocycles. The van der Waals surface area contributed by atoms with Gasteiger partial charge in [0.1, 0.15) is 12.3 Å². The largest absolute Gasteiger partial charge is 0.468 e. The van der Waals surface area contributed by atoms with Crippen LogP contribution in [0.2, 0.25) is 0 Å². The predicted molar refractivity (Wildman–Crippen MR) is 107 cm³/mol. The van der Waals surface area contributed by atoms with E-state index in [1.807, 2.05) is 0 Å². The number of nitrogens with one attached hydrogen (secondary N) is 2. The minimum atomic E-state index is -4.46. The molecule has 0 spiro atoms. The highest BCUT2D eigenvalue weighted by molar-refractivity contribution is 7.50. The van der Waals surface area contributed by atoms with Crippen molar-refractivity contribution in [3.05, 3.63) is 43.0 Å². The molecule has 172 valence electrons. The van der Waals surface area contributed by atoms with E-state index < -0.39 is 56.0 Å². The molecule has 0 bridgehead atoms. The molecule has 1 aromatic rings. The lowest BCUT2D eigenvalue weighted by Gasteiger charge is -2.24. The van der Waals surface area contributed by atoms with Crippen molar-refractivity contribution in [1.29, 1.82) is 0 Å². The van der Waals surface area contributed by atoms with Gasteiger partial charge in [-0.2, -0.15) is 0 Å². The molecular formula is C16H25N6O8P. The molecule has 2 heterocycles. The van der Waals surface area contributed by atoms with E-state index in [2.05, 4.69) is 24.8 Å². The summed E-state index contributed by atoms with van der Waals surface area (Å²) in [4.78, 5) is 50.5. The lowest BCUT2D eigenvalue weighted by Crippen LogP contribution is -2.40. The van der Waals surface area contributed by atoms with Gasteiger partial charge in [-0.25, -0.2) is 14.4 Å². The molecule has 1 aliphatic rings. The minimum Gasteiger partial charge on any atom is -0.468 e. The van der Waals surface area contributed by atoms with Crippen LogP contribution in [-0.2, 0) is 23.4 Å². The Labute approximate surface area is 176 Å². The molecule has 31 heavy (non-hydrogen) atoms. The second-order valence-corrected chi connectivity index (χ2v) is 8.86. The SMILES string of the molecule is COC(=O)[C@@H](NP(=O)(O)OC[C@H]1O[C@@H](n2cc(C)c(=O)[nH]c2=O)CC1N=[N+]=[N-])C(C)C. The number of aromatic amines is 1. The second-order valence-electron chi connectivity index (χ2n) is 7.31. The molecule has 1 aromatic heterocycles. The molecular weight excluding hydrogens is 435 g/mol. The molecule has 14 nitrogen and oxygen atoms in total. The van der Waals surface area contributed by atoms with Crippen LogP contribution in [0, 0.1) is 12.8 Å². The van der Waals surface area contributed by atoms with Gasteiger partial charge in [0.05, 0.1) is 25.9 Å². The van der Waals surface area contributed by atoms with Crippen molar-refractivity contribution in [3.63, 3.8) is 0 Å². The normalized spacial score (nSPS) is 23.7. The van der Waals surface area contributed by atoms with Gasteiger partial charge in [-0.15, -0.1) is 0 Å². The molecule has 0 aromatic carbocycles. The minimum absolute atomic E-state index is 0.0728. The van der Waals surface area contributed by atoms with Crippen LogP contribution in [0.3, 0.4) is 0 Å². The van der Waals surface area contributed by atoms with Crippen LogP contribution in [0.1, 0.15) is 32.1 Å². The highest BCUT2D eigenvalue weighted by atomic mass is 31.2. The number of hydrogen-bond acceptors (Lipinski definition) is 8. The van der Waals surface area contributed by atoms with Crippen molar-refractivity contribution >= 4 is 13.7 Å². The number of hydrogen-bond donors (Lipinski definition) is 3. The predicted octanol–water partition coefficient (Wildman–Crippen LogP) is 0.716. The van der Waals surface area contributed by atoms with E-state index in [4.69, 9.17) is 14.8 Å². The number of carbonyl (C=O) groups excluding carboxylic acids is 1. The molecule has 0 aliphatic carbocycles. The highest BCUT2D eigenvalue weighted by Crippen LogP contribution is 2.40. The van der Waals surface area contributed by atoms with Crippen LogP contribution in [0.4, 0.5) is 0 Å². The zero-order valence-electron chi connectivity index (χ0n) is 17.4. The van der Waals surface area contributed by atoms with Crippen molar-refractivity contribution in [2.24, 2.45) is 11.0 Å².